The lowest BCUT2D eigenvalue weighted by molar-refractivity contribution is -0.127. The normalized spacial score (nSPS) is 23.6. The molecule has 0 spiro atoms. The Hall–Kier alpha value is -0.860. The van der Waals surface area contributed by atoms with Crippen LogP contribution < -0.4 is 5.32 Å². The maximum Gasteiger partial charge on any atom is 0.223 e. The summed E-state index contributed by atoms with van der Waals surface area (Å²) in [6.07, 6.45) is 5.92. The Bertz CT molecular complexity index is 229. The summed E-state index contributed by atoms with van der Waals surface area (Å²) in [5.41, 5.74) is 0. The zero-order valence-corrected chi connectivity index (χ0v) is 11.9. The zero-order valence-electron chi connectivity index (χ0n) is 11.9. The molecular weight excluding hydrogens is 214 g/mol. The van der Waals surface area contributed by atoms with Crippen LogP contribution in [0.5, 0.6) is 0 Å². The van der Waals surface area contributed by atoms with E-state index < -0.39 is 0 Å². The van der Waals surface area contributed by atoms with Crippen molar-refractivity contribution in [2.45, 2.75) is 60.3 Å². The monoisotopic (exact) mass is 241 g/mol. The third kappa shape index (κ3) is 8.90. The van der Waals surface area contributed by atoms with Crippen molar-refractivity contribution in [2.24, 2.45) is 17.8 Å². The summed E-state index contributed by atoms with van der Waals surface area (Å²) < 4.78 is 0. The molecule has 0 aromatic rings. The number of amides is 2. The molecule has 0 aromatic carbocycles. The molecule has 1 fully saturated rings. The first-order valence-corrected chi connectivity index (χ1v) is 6.61. The predicted molar refractivity (Wildman–Crippen MR) is 70.5 cm³/mol. The number of hydrogen-bond acceptors (Lipinski definition) is 2. The molecule has 100 valence electrons. The van der Waals surface area contributed by atoms with Crippen molar-refractivity contribution < 1.29 is 9.59 Å². The van der Waals surface area contributed by atoms with Crippen LogP contribution in [-0.2, 0) is 9.59 Å². The molecule has 1 aliphatic carbocycles. The first-order chi connectivity index (χ1) is 7.82. The maximum atomic E-state index is 9.92. The fourth-order valence-corrected chi connectivity index (χ4v) is 2.20. The topological polar surface area (TPSA) is 46.2 Å². The first-order valence-electron chi connectivity index (χ1n) is 6.61. The van der Waals surface area contributed by atoms with Gasteiger partial charge in [0.25, 0.3) is 0 Å². The van der Waals surface area contributed by atoms with Gasteiger partial charge in [-0.3, -0.25) is 14.9 Å². The van der Waals surface area contributed by atoms with Crippen LogP contribution in [0.4, 0.5) is 0 Å². The first kappa shape index (κ1) is 16.1. The molecule has 17 heavy (non-hydrogen) atoms. The SMILES string of the molecule is CC(=O)NC(C)=O.CC1CCC(C(C)C)CC1. The van der Waals surface area contributed by atoms with Gasteiger partial charge in [0.2, 0.25) is 11.8 Å². The Morgan fingerprint density at radius 2 is 1.41 bits per heavy atom. The molecule has 0 heterocycles. The quantitative estimate of drug-likeness (QED) is 0.766. The minimum absolute atomic E-state index is 0.312. The van der Waals surface area contributed by atoms with E-state index in [1.807, 2.05) is 5.32 Å². The van der Waals surface area contributed by atoms with Crippen molar-refractivity contribution in [1.29, 1.82) is 0 Å². The number of nitrogens with one attached hydrogen (secondary N) is 1. The molecule has 0 unspecified atom stereocenters. The van der Waals surface area contributed by atoms with Gasteiger partial charge in [-0.25, -0.2) is 0 Å². The third-order valence-corrected chi connectivity index (χ3v) is 3.36. The Balaban J connectivity index is 0.000000325. The molecular formula is C14H27NO2. The fraction of sp³-hybridized carbons (Fsp3) is 0.857. The minimum Gasteiger partial charge on any atom is -0.297 e. The summed E-state index contributed by atoms with van der Waals surface area (Å²) in [5.74, 6) is 2.35. The van der Waals surface area contributed by atoms with Crippen LogP contribution in [0.15, 0.2) is 0 Å². The van der Waals surface area contributed by atoms with E-state index in [-0.39, 0.29) is 11.8 Å². The molecule has 0 aliphatic heterocycles. The van der Waals surface area contributed by atoms with Crippen LogP contribution in [0.1, 0.15) is 60.3 Å². The molecule has 0 saturated heterocycles. The van der Waals surface area contributed by atoms with Crippen LogP contribution in [0, 0.1) is 17.8 Å². The largest absolute Gasteiger partial charge is 0.297 e. The highest BCUT2D eigenvalue weighted by Gasteiger charge is 2.19. The third-order valence-electron chi connectivity index (χ3n) is 3.36. The second kappa shape index (κ2) is 8.26. The van der Waals surface area contributed by atoms with E-state index in [9.17, 15) is 9.59 Å². The van der Waals surface area contributed by atoms with Crippen LogP contribution in [0.25, 0.3) is 0 Å². The van der Waals surface area contributed by atoms with Crippen molar-refractivity contribution in [3.8, 4) is 0 Å². The Morgan fingerprint density at radius 1 is 1.00 bits per heavy atom. The van der Waals surface area contributed by atoms with Gasteiger partial charge in [-0.05, 0) is 30.6 Å². The number of carbonyl (C=O) groups excluding carboxylic acids is 2. The highest BCUT2D eigenvalue weighted by atomic mass is 16.2. The fourth-order valence-electron chi connectivity index (χ4n) is 2.20. The summed E-state index contributed by atoms with van der Waals surface area (Å²) in [7, 11) is 0. The van der Waals surface area contributed by atoms with Crippen LogP contribution in [0.2, 0.25) is 0 Å². The standard InChI is InChI=1S/C10H20.C4H7NO2/c1-8(2)10-6-4-9(3)5-7-10;1-3(6)5-4(2)7/h8-10H,4-7H2,1-3H3;1-2H3,(H,5,6,7). The van der Waals surface area contributed by atoms with E-state index in [2.05, 4.69) is 20.8 Å². The van der Waals surface area contributed by atoms with Crippen molar-refractivity contribution in [3.63, 3.8) is 0 Å². The number of hydrogen-bond donors (Lipinski definition) is 1. The molecule has 0 radical (unpaired) electrons. The van der Waals surface area contributed by atoms with E-state index >= 15 is 0 Å². The summed E-state index contributed by atoms with van der Waals surface area (Å²) in [4.78, 5) is 19.8. The van der Waals surface area contributed by atoms with E-state index in [1.165, 1.54) is 39.5 Å². The van der Waals surface area contributed by atoms with Gasteiger partial charge < -0.3 is 0 Å². The van der Waals surface area contributed by atoms with Gasteiger partial charge in [-0.15, -0.1) is 0 Å². The summed E-state index contributed by atoms with van der Waals surface area (Å²) >= 11 is 0. The molecule has 0 aromatic heterocycles. The van der Waals surface area contributed by atoms with Gasteiger partial charge >= 0.3 is 0 Å². The van der Waals surface area contributed by atoms with Crippen LogP contribution >= 0.6 is 0 Å². The second-order valence-electron chi connectivity index (χ2n) is 5.50. The average molecular weight is 241 g/mol. The zero-order chi connectivity index (χ0) is 13.4. The summed E-state index contributed by atoms with van der Waals surface area (Å²) in [5, 5.41) is 2.03. The molecule has 1 saturated carbocycles. The molecule has 2 amide bonds. The number of rotatable bonds is 1. The van der Waals surface area contributed by atoms with Crippen molar-refractivity contribution in [3.05, 3.63) is 0 Å². The molecule has 3 nitrogen and oxygen atoms in total. The van der Waals surface area contributed by atoms with Gasteiger partial charge in [-0.2, -0.15) is 0 Å². The molecule has 1 aliphatic rings. The van der Waals surface area contributed by atoms with Gasteiger partial charge in [0.1, 0.15) is 0 Å². The highest BCUT2D eigenvalue weighted by molar-refractivity contribution is 5.92. The van der Waals surface area contributed by atoms with E-state index in [0.717, 1.165) is 17.8 Å². The van der Waals surface area contributed by atoms with E-state index in [4.69, 9.17) is 0 Å². The lowest BCUT2D eigenvalue weighted by atomic mass is 9.78. The predicted octanol–water partition coefficient (Wildman–Crippen LogP) is 3.14. The molecule has 1 N–H and O–H groups in total. The van der Waals surface area contributed by atoms with E-state index in [1.54, 1.807) is 0 Å². The summed E-state index contributed by atoms with van der Waals surface area (Å²) in [6.45, 7) is 9.70. The molecule has 0 atom stereocenters. The van der Waals surface area contributed by atoms with Gasteiger partial charge in [0, 0.05) is 13.8 Å². The Labute approximate surface area is 105 Å². The second-order valence-corrected chi connectivity index (χ2v) is 5.50. The summed E-state index contributed by atoms with van der Waals surface area (Å²) in [6, 6.07) is 0. The minimum atomic E-state index is -0.312. The van der Waals surface area contributed by atoms with Gasteiger partial charge in [0.05, 0.1) is 0 Å². The Kier molecular flexibility index (Phi) is 7.85. The maximum absolute atomic E-state index is 9.92. The van der Waals surface area contributed by atoms with Crippen LogP contribution in [0.3, 0.4) is 0 Å². The number of carbonyl (C=O) groups is 2. The molecule has 0 bridgehead atoms. The highest BCUT2D eigenvalue weighted by Crippen LogP contribution is 2.32. The Morgan fingerprint density at radius 3 is 1.65 bits per heavy atom. The van der Waals surface area contributed by atoms with E-state index in [0.29, 0.717) is 0 Å². The molecule has 1 rings (SSSR count). The average Bonchev–Trinajstić information content (AvgIpc) is 2.16. The van der Waals surface area contributed by atoms with Crippen LogP contribution in [-0.4, -0.2) is 11.8 Å². The van der Waals surface area contributed by atoms with Crippen molar-refractivity contribution in [2.75, 3.05) is 0 Å². The van der Waals surface area contributed by atoms with Gasteiger partial charge in [-0.1, -0.05) is 33.6 Å². The van der Waals surface area contributed by atoms with Crippen molar-refractivity contribution in [1.82, 2.24) is 5.32 Å². The number of imide groups is 1. The van der Waals surface area contributed by atoms with Crippen molar-refractivity contribution >= 4 is 11.8 Å². The lowest BCUT2D eigenvalue weighted by Crippen LogP contribution is -2.24. The smallest absolute Gasteiger partial charge is 0.223 e. The lowest BCUT2D eigenvalue weighted by Gasteiger charge is -2.28. The van der Waals surface area contributed by atoms with Gasteiger partial charge in [0.15, 0.2) is 0 Å². The molecule has 3 heteroatoms.